The zero-order valence-electron chi connectivity index (χ0n) is 27.0. The molecule has 6 atom stereocenters. The number of nitrogens with zero attached hydrogens (tertiary/aromatic N) is 1. The third-order valence-corrected chi connectivity index (χ3v) is 8.93. The normalized spacial score (nSPS) is 23.0. The van der Waals surface area contributed by atoms with Crippen molar-refractivity contribution in [3.63, 3.8) is 0 Å². The summed E-state index contributed by atoms with van der Waals surface area (Å²) >= 11 is 0. The molecule has 1 aromatic carbocycles. The van der Waals surface area contributed by atoms with Gasteiger partial charge >= 0.3 is 6.09 Å². The molecule has 3 rings (SSSR count). The molecule has 8 nitrogen and oxygen atoms in total. The standard InChI is InChI=1S/C34H48F2N2O6/c1-8-12-23(29(41)27(40)17-21(4)22-13-10-9-11-14-22)18-26(39)28-24-15-16-34(35,36)25(24)19-38(28)31(42)30(33(5,6)7)37-32(43)44-20(2)3/h9-11,13-14,20-21,23-25,28,30H,8,12,15-19H2,1-7H3,(H,37,43)/t21-,23?,24+,25+,28+,30-/m1/s1. The fraction of sp³-hybridized carbons (Fsp3) is 0.676. The second kappa shape index (κ2) is 14.3. The van der Waals surface area contributed by atoms with Crippen LogP contribution in [0.3, 0.4) is 0 Å². The first-order chi connectivity index (χ1) is 20.5. The van der Waals surface area contributed by atoms with Crippen LogP contribution in [0.5, 0.6) is 0 Å². The van der Waals surface area contributed by atoms with Crippen LogP contribution >= 0.6 is 0 Å². The number of benzene rings is 1. The summed E-state index contributed by atoms with van der Waals surface area (Å²) in [5, 5.41) is 2.59. The fourth-order valence-electron chi connectivity index (χ4n) is 6.63. The number of hydrogen-bond donors (Lipinski definition) is 1. The van der Waals surface area contributed by atoms with Crippen molar-refractivity contribution in [2.45, 2.75) is 117 Å². The number of nitrogens with one attached hydrogen (secondary N) is 1. The molecule has 1 saturated carbocycles. The number of halogens is 2. The average molecular weight is 619 g/mol. The summed E-state index contributed by atoms with van der Waals surface area (Å²) in [6.07, 6.45) is -1.10. The Kier molecular flexibility index (Phi) is 11.5. The van der Waals surface area contributed by atoms with Crippen molar-refractivity contribution < 1.29 is 37.5 Å². The predicted octanol–water partition coefficient (Wildman–Crippen LogP) is 6.12. The van der Waals surface area contributed by atoms with Gasteiger partial charge < -0.3 is 15.0 Å². The number of fused-ring (bicyclic) bond motifs is 1. The van der Waals surface area contributed by atoms with Crippen LogP contribution < -0.4 is 5.32 Å². The predicted molar refractivity (Wildman–Crippen MR) is 162 cm³/mol. The largest absolute Gasteiger partial charge is 0.447 e. The van der Waals surface area contributed by atoms with Crippen molar-refractivity contribution in [1.29, 1.82) is 0 Å². The Hall–Kier alpha value is -3.17. The molecule has 1 N–H and O–H groups in total. The van der Waals surface area contributed by atoms with Gasteiger partial charge in [-0.1, -0.05) is 71.4 Å². The van der Waals surface area contributed by atoms with E-state index in [1.54, 1.807) is 34.6 Å². The van der Waals surface area contributed by atoms with E-state index >= 15 is 8.78 Å². The molecule has 1 aliphatic heterocycles. The summed E-state index contributed by atoms with van der Waals surface area (Å²) < 4.78 is 35.2. The molecular weight excluding hydrogens is 570 g/mol. The minimum absolute atomic E-state index is 0.00633. The summed E-state index contributed by atoms with van der Waals surface area (Å²) in [4.78, 5) is 68.2. The van der Waals surface area contributed by atoms with Crippen molar-refractivity contribution in [3.8, 4) is 0 Å². The van der Waals surface area contributed by atoms with E-state index in [0.717, 1.165) is 5.56 Å². The second-order valence-electron chi connectivity index (χ2n) is 13.9. The summed E-state index contributed by atoms with van der Waals surface area (Å²) in [7, 11) is 0. The molecule has 0 radical (unpaired) electrons. The molecule has 0 bridgehead atoms. The van der Waals surface area contributed by atoms with Crippen LogP contribution in [0.2, 0.25) is 0 Å². The van der Waals surface area contributed by atoms with Crippen LogP contribution in [0, 0.1) is 23.2 Å². The van der Waals surface area contributed by atoms with Crippen LogP contribution in [0.1, 0.15) is 98.5 Å². The van der Waals surface area contributed by atoms with Crippen LogP contribution in [0.25, 0.3) is 0 Å². The molecule has 2 fully saturated rings. The van der Waals surface area contributed by atoms with Crippen molar-refractivity contribution in [3.05, 3.63) is 35.9 Å². The quantitative estimate of drug-likeness (QED) is 0.267. The molecular formula is C34H48F2N2O6. The van der Waals surface area contributed by atoms with Crippen molar-refractivity contribution in [1.82, 2.24) is 10.2 Å². The van der Waals surface area contributed by atoms with Crippen LogP contribution in [-0.4, -0.2) is 64.9 Å². The van der Waals surface area contributed by atoms with Gasteiger partial charge in [0.25, 0.3) is 5.92 Å². The van der Waals surface area contributed by atoms with Crippen molar-refractivity contribution in [2.24, 2.45) is 23.2 Å². The fourth-order valence-corrected chi connectivity index (χ4v) is 6.63. The first kappa shape index (κ1) is 35.3. The molecule has 0 aromatic heterocycles. The molecule has 1 unspecified atom stereocenters. The van der Waals surface area contributed by atoms with E-state index in [9.17, 15) is 24.0 Å². The molecule has 0 spiro atoms. The number of ether oxygens (including phenoxy) is 1. The van der Waals surface area contributed by atoms with Crippen LogP contribution in [0.4, 0.5) is 13.6 Å². The van der Waals surface area contributed by atoms with E-state index in [-0.39, 0.29) is 44.6 Å². The Morgan fingerprint density at radius 3 is 2.25 bits per heavy atom. The maximum Gasteiger partial charge on any atom is 0.408 e. The first-order valence-electron chi connectivity index (χ1n) is 15.8. The van der Waals surface area contributed by atoms with Gasteiger partial charge in [-0.15, -0.1) is 0 Å². The van der Waals surface area contributed by atoms with E-state index in [2.05, 4.69) is 5.32 Å². The third kappa shape index (κ3) is 8.30. The number of likely N-dealkylation sites (tertiary alicyclic amines) is 1. The third-order valence-electron chi connectivity index (χ3n) is 8.93. The zero-order chi connectivity index (χ0) is 33.0. The monoisotopic (exact) mass is 618 g/mol. The van der Waals surface area contributed by atoms with E-state index in [1.165, 1.54) is 4.90 Å². The van der Waals surface area contributed by atoms with Crippen molar-refractivity contribution in [2.75, 3.05) is 6.54 Å². The summed E-state index contributed by atoms with van der Waals surface area (Å²) in [5.74, 6) is -8.51. The SMILES string of the molecule is CCCC(CC(=O)[C@@H]1[C@H]2CCC(F)(F)[C@H]2CN1C(=O)[C@@H](NC(=O)OC(C)C)C(C)(C)C)C(=O)C(=O)C[C@@H](C)c1ccccc1. The molecule has 1 saturated heterocycles. The number of rotatable bonds is 13. The lowest BCUT2D eigenvalue weighted by Gasteiger charge is -2.36. The van der Waals surface area contributed by atoms with Gasteiger partial charge in [0.1, 0.15) is 6.04 Å². The highest BCUT2D eigenvalue weighted by Crippen LogP contribution is 2.52. The van der Waals surface area contributed by atoms with Gasteiger partial charge in [-0.2, -0.15) is 0 Å². The van der Waals surface area contributed by atoms with E-state index in [4.69, 9.17) is 4.74 Å². The maximum atomic E-state index is 15.0. The lowest BCUT2D eigenvalue weighted by Crippen LogP contribution is -2.57. The average Bonchev–Trinajstić information content (AvgIpc) is 3.47. The topological polar surface area (TPSA) is 110 Å². The summed E-state index contributed by atoms with van der Waals surface area (Å²) in [6.45, 7) is 11.9. The summed E-state index contributed by atoms with van der Waals surface area (Å²) in [6, 6.07) is 7.03. The van der Waals surface area contributed by atoms with E-state index in [1.807, 2.05) is 44.2 Å². The molecule has 10 heteroatoms. The van der Waals surface area contributed by atoms with E-state index < -0.39 is 76.6 Å². The number of Topliss-reactive ketones (excluding diaryl/α,β-unsaturated/α-hetero) is 3. The highest BCUT2D eigenvalue weighted by Gasteiger charge is 2.61. The lowest BCUT2D eigenvalue weighted by atomic mass is 9.82. The highest BCUT2D eigenvalue weighted by molar-refractivity contribution is 6.38. The van der Waals surface area contributed by atoms with Gasteiger partial charge in [0.05, 0.1) is 12.1 Å². The highest BCUT2D eigenvalue weighted by atomic mass is 19.3. The Morgan fingerprint density at radius 2 is 1.68 bits per heavy atom. The Morgan fingerprint density at radius 1 is 1.05 bits per heavy atom. The molecule has 1 heterocycles. The molecule has 2 amide bonds. The molecule has 2 aliphatic rings. The molecule has 244 valence electrons. The number of alkyl halides is 2. The number of ketones is 3. The van der Waals surface area contributed by atoms with Gasteiger partial charge in [0.15, 0.2) is 11.6 Å². The zero-order valence-corrected chi connectivity index (χ0v) is 27.0. The molecule has 1 aliphatic carbocycles. The lowest BCUT2D eigenvalue weighted by molar-refractivity contribution is -0.144. The number of carbonyl (C=O) groups excluding carboxylic acids is 5. The van der Waals surface area contributed by atoms with Gasteiger partial charge in [-0.3, -0.25) is 19.2 Å². The maximum absolute atomic E-state index is 15.0. The number of hydrogen-bond acceptors (Lipinski definition) is 6. The number of carbonyl (C=O) groups is 5. The Bertz CT molecular complexity index is 1210. The van der Waals surface area contributed by atoms with Crippen molar-refractivity contribution >= 4 is 29.4 Å². The number of alkyl carbamates (subject to hydrolysis) is 1. The van der Waals surface area contributed by atoms with Gasteiger partial charge in [0.2, 0.25) is 11.7 Å². The molecule has 1 aromatic rings. The molecule has 44 heavy (non-hydrogen) atoms. The minimum atomic E-state index is -3.05. The minimum Gasteiger partial charge on any atom is -0.447 e. The van der Waals surface area contributed by atoms with Gasteiger partial charge in [-0.25, -0.2) is 13.6 Å². The number of amides is 2. The first-order valence-corrected chi connectivity index (χ1v) is 15.8. The van der Waals surface area contributed by atoms with E-state index in [0.29, 0.717) is 6.42 Å². The van der Waals surface area contributed by atoms with Gasteiger partial charge in [0, 0.05) is 37.6 Å². The van der Waals surface area contributed by atoms with Crippen LogP contribution in [0.15, 0.2) is 30.3 Å². The second-order valence-corrected chi connectivity index (χ2v) is 13.9. The van der Waals surface area contributed by atoms with Crippen LogP contribution in [-0.2, 0) is 23.9 Å². The Labute approximate surface area is 259 Å². The summed E-state index contributed by atoms with van der Waals surface area (Å²) in [5.41, 5.74) is 0.0908. The smallest absolute Gasteiger partial charge is 0.408 e. The Balaban J connectivity index is 1.86. The van der Waals surface area contributed by atoms with Gasteiger partial charge in [-0.05, 0) is 49.5 Å².